The average Bonchev–Trinajstić information content (AvgIpc) is 2.39. The van der Waals surface area contributed by atoms with Gasteiger partial charge in [0.25, 0.3) is 0 Å². The molecule has 18 heavy (non-hydrogen) atoms. The third-order valence-electron chi connectivity index (χ3n) is 2.38. The summed E-state index contributed by atoms with van der Waals surface area (Å²) in [6.07, 6.45) is 0.447. The van der Waals surface area contributed by atoms with Gasteiger partial charge in [0, 0.05) is 26.3 Å². The number of hydrazine groups is 1. The molecule has 1 aromatic heterocycles. The monoisotopic (exact) mass is 250 g/mol. The molecule has 0 bridgehead atoms. The summed E-state index contributed by atoms with van der Waals surface area (Å²) in [5, 5.41) is 8.64. The molecule has 0 aliphatic carbocycles. The van der Waals surface area contributed by atoms with Gasteiger partial charge in [0.1, 0.15) is 18.2 Å². The van der Waals surface area contributed by atoms with E-state index >= 15 is 0 Å². The van der Waals surface area contributed by atoms with Gasteiger partial charge in [-0.3, -0.25) is 0 Å². The molecule has 0 amide bonds. The molecule has 0 fully saturated rings. The van der Waals surface area contributed by atoms with Crippen LogP contribution < -0.4 is 16.2 Å². The predicted molar refractivity (Wildman–Crippen MR) is 68.7 cm³/mol. The molecule has 1 heterocycles. The molecule has 7 heteroatoms. The fraction of sp³-hybridized carbons (Fsp3) is 0.545. The van der Waals surface area contributed by atoms with E-state index in [0.717, 1.165) is 12.4 Å². The lowest BCUT2D eigenvalue weighted by Crippen LogP contribution is -2.26. The lowest BCUT2D eigenvalue weighted by Gasteiger charge is -2.21. The molecule has 0 saturated heterocycles. The number of hydrogen-bond acceptors (Lipinski definition) is 7. The average molecular weight is 250 g/mol. The van der Waals surface area contributed by atoms with Crippen LogP contribution in [0.4, 0.5) is 11.6 Å². The highest BCUT2D eigenvalue weighted by atomic mass is 16.5. The zero-order chi connectivity index (χ0) is 13.4. The Bertz CT molecular complexity index is 416. The standard InChI is InChI=1S/C11H18N6O/c1-3-17(6-4-5-12)11-7-9(16-13)14-10(15-11)8-18-2/h7H,3-4,6,8,13H2,1-2H3,(H,14,15,16). The Labute approximate surface area is 107 Å². The highest BCUT2D eigenvalue weighted by molar-refractivity contribution is 5.48. The summed E-state index contributed by atoms with van der Waals surface area (Å²) < 4.78 is 5.01. The molecule has 3 N–H and O–H groups in total. The number of aromatic nitrogens is 2. The number of hydrogen-bond donors (Lipinski definition) is 2. The lowest BCUT2D eigenvalue weighted by molar-refractivity contribution is 0.178. The van der Waals surface area contributed by atoms with Gasteiger partial charge >= 0.3 is 0 Å². The summed E-state index contributed by atoms with van der Waals surface area (Å²) in [6.45, 7) is 3.71. The molecule has 0 atom stereocenters. The molecule has 0 spiro atoms. The maximum absolute atomic E-state index is 8.64. The van der Waals surface area contributed by atoms with Crippen LogP contribution in [-0.4, -0.2) is 30.2 Å². The third kappa shape index (κ3) is 3.84. The predicted octanol–water partition coefficient (Wildman–Crippen LogP) is 0.649. The Kier molecular flexibility index (Phi) is 5.84. The number of nitrogens with two attached hydrogens (primary N) is 1. The minimum absolute atomic E-state index is 0.318. The van der Waals surface area contributed by atoms with Gasteiger partial charge in [-0.05, 0) is 6.92 Å². The van der Waals surface area contributed by atoms with E-state index in [4.69, 9.17) is 15.8 Å². The number of anilines is 2. The van der Waals surface area contributed by atoms with Crippen molar-refractivity contribution < 1.29 is 4.74 Å². The van der Waals surface area contributed by atoms with Crippen molar-refractivity contribution in [1.29, 1.82) is 5.26 Å². The number of nitrogen functional groups attached to an aromatic ring is 1. The van der Waals surface area contributed by atoms with Crippen LogP contribution in [0.3, 0.4) is 0 Å². The van der Waals surface area contributed by atoms with Crippen LogP contribution in [-0.2, 0) is 11.3 Å². The van der Waals surface area contributed by atoms with E-state index in [2.05, 4.69) is 21.5 Å². The Morgan fingerprint density at radius 2 is 2.33 bits per heavy atom. The summed E-state index contributed by atoms with van der Waals surface area (Å²) in [5.74, 6) is 7.20. The molecule has 0 aliphatic rings. The van der Waals surface area contributed by atoms with Gasteiger partial charge in [0.15, 0.2) is 5.82 Å². The molecular weight excluding hydrogens is 232 g/mol. The number of nitriles is 1. The summed E-state index contributed by atoms with van der Waals surface area (Å²) in [7, 11) is 1.58. The Hall–Kier alpha value is -1.91. The molecule has 1 rings (SSSR count). The maximum atomic E-state index is 8.64. The van der Waals surface area contributed by atoms with E-state index in [9.17, 15) is 0 Å². The van der Waals surface area contributed by atoms with Crippen molar-refractivity contribution in [3.05, 3.63) is 11.9 Å². The highest BCUT2D eigenvalue weighted by Gasteiger charge is 2.09. The molecule has 98 valence electrons. The van der Waals surface area contributed by atoms with Crippen LogP contribution in [0.1, 0.15) is 19.2 Å². The van der Waals surface area contributed by atoms with Gasteiger partial charge in [0.2, 0.25) is 0 Å². The minimum Gasteiger partial charge on any atom is -0.377 e. The second kappa shape index (κ2) is 7.42. The number of methoxy groups -OCH3 is 1. The van der Waals surface area contributed by atoms with E-state index in [-0.39, 0.29) is 0 Å². The third-order valence-corrected chi connectivity index (χ3v) is 2.38. The van der Waals surface area contributed by atoms with Crippen molar-refractivity contribution >= 4 is 11.6 Å². The SMILES string of the molecule is CCN(CCC#N)c1cc(NN)nc(COC)n1. The van der Waals surface area contributed by atoms with Crippen molar-refractivity contribution in [3.63, 3.8) is 0 Å². The number of nitrogens with one attached hydrogen (secondary N) is 1. The van der Waals surface area contributed by atoms with Gasteiger partial charge in [0.05, 0.1) is 12.5 Å². The van der Waals surface area contributed by atoms with E-state index in [1.807, 2.05) is 11.8 Å². The smallest absolute Gasteiger partial charge is 0.158 e. The molecule has 7 nitrogen and oxygen atoms in total. The fourth-order valence-corrected chi connectivity index (χ4v) is 1.53. The quantitative estimate of drug-likeness (QED) is 0.541. The van der Waals surface area contributed by atoms with Crippen LogP contribution in [0.2, 0.25) is 0 Å². The molecule has 0 unspecified atom stereocenters. The molecular formula is C11H18N6O. The second-order valence-corrected chi connectivity index (χ2v) is 3.59. The van der Waals surface area contributed by atoms with Crippen molar-refractivity contribution in [2.75, 3.05) is 30.5 Å². The van der Waals surface area contributed by atoms with Crippen LogP contribution in [0.25, 0.3) is 0 Å². The summed E-state index contributed by atoms with van der Waals surface area (Å²) in [5.41, 5.74) is 2.50. The van der Waals surface area contributed by atoms with E-state index in [0.29, 0.717) is 31.2 Å². The van der Waals surface area contributed by atoms with Crippen LogP contribution >= 0.6 is 0 Å². The Balaban J connectivity index is 2.97. The molecule has 1 aromatic rings. The molecule has 0 aromatic carbocycles. The van der Waals surface area contributed by atoms with E-state index in [1.165, 1.54) is 0 Å². The second-order valence-electron chi connectivity index (χ2n) is 3.59. The normalized spacial score (nSPS) is 9.89. The number of nitrogens with zero attached hydrogens (tertiary/aromatic N) is 4. The zero-order valence-electron chi connectivity index (χ0n) is 10.7. The van der Waals surface area contributed by atoms with Crippen molar-refractivity contribution in [2.45, 2.75) is 20.0 Å². The summed E-state index contributed by atoms with van der Waals surface area (Å²) in [6, 6.07) is 3.87. The van der Waals surface area contributed by atoms with Gasteiger partial charge in [-0.2, -0.15) is 5.26 Å². The largest absolute Gasteiger partial charge is 0.377 e. The van der Waals surface area contributed by atoms with Gasteiger partial charge in [-0.1, -0.05) is 0 Å². The molecule has 0 aliphatic heterocycles. The van der Waals surface area contributed by atoms with E-state index in [1.54, 1.807) is 13.2 Å². The number of ether oxygens (including phenoxy) is 1. The summed E-state index contributed by atoms with van der Waals surface area (Å²) >= 11 is 0. The van der Waals surface area contributed by atoms with Gasteiger partial charge < -0.3 is 15.1 Å². The van der Waals surface area contributed by atoms with Crippen molar-refractivity contribution in [1.82, 2.24) is 9.97 Å². The number of rotatable bonds is 7. The lowest BCUT2D eigenvalue weighted by atomic mass is 10.3. The maximum Gasteiger partial charge on any atom is 0.158 e. The van der Waals surface area contributed by atoms with Crippen LogP contribution in [0.15, 0.2) is 6.07 Å². The molecule has 0 radical (unpaired) electrons. The van der Waals surface area contributed by atoms with Crippen molar-refractivity contribution in [2.24, 2.45) is 5.84 Å². The Morgan fingerprint density at radius 3 is 2.89 bits per heavy atom. The van der Waals surface area contributed by atoms with Crippen LogP contribution in [0.5, 0.6) is 0 Å². The van der Waals surface area contributed by atoms with E-state index < -0.39 is 0 Å². The van der Waals surface area contributed by atoms with Crippen LogP contribution in [0, 0.1) is 11.3 Å². The fourth-order valence-electron chi connectivity index (χ4n) is 1.53. The summed E-state index contributed by atoms with van der Waals surface area (Å²) in [4.78, 5) is 10.5. The first kappa shape index (κ1) is 14.2. The van der Waals surface area contributed by atoms with Gasteiger partial charge in [-0.15, -0.1) is 0 Å². The van der Waals surface area contributed by atoms with Crippen molar-refractivity contribution in [3.8, 4) is 6.07 Å². The first-order valence-electron chi connectivity index (χ1n) is 5.70. The highest BCUT2D eigenvalue weighted by Crippen LogP contribution is 2.16. The molecule has 0 saturated carbocycles. The van der Waals surface area contributed by atoms with Gasteiger partial charge in [-0.25, -0.2) is 15.8 Å². The topological polar surface area (TPSA) is 100 Å². The first-order valence-corrected chi connectivity index (χ1v) is 5.70. The Morgan fingerprint density at radius 1 is 1.56 bits per heavy atom. The zero-order valence-corrected chi connectivity index (χ0v) is 10.7. The first-order chi connectivity index (χ1) is 8.74. The minimum atomic E-state index is 0.318.